The summed E-state index contributed by atoms with van der Waals surface area (Å²) in [5, 5.41) is 9.13. The molecule has 66 valence electrons. The van der Waals surface area contributed by atoms with E-state index < -0.39 is 11.9 Å². The summed E-state index contributed by atoms with van der Waals surface area (Å²) in [6, 6.07) is 0. The van der Waals surface area contributed by atoms with Crippen LogP contribution in [-0.2, 0) is 14.3 Å². The van der Waals surface area contributed by atoms with E-state index in [1.807, 2.05) is 0 Å². The molecule has 0 aromatic rings. The summed E-state index contributed by atoms with van der Waals surface area (Å²) in [5.74, 6) is -1.23. The van der Waals surface area contributed by atoms with Gasteiger partial charge in [-0.1, -0.05) is 0 Å². The zero-order valence-electron chi connectivity index (χ0n) is 6.53. The Morgan fingerprint density at radius 3 is 3.00 bits per heavy atom. The van der Waals surface area contributed by atoms with Gasteiger partial charge >= 0.3 is 5.97 Å². The highest BCUT2D eigenvalue weighted by molar-refractivity contribution is 5.84. The molecule has 2 aliphatic heterocycles. The Morgan fingerprint density at radius 1 is 1.67 bits per heavy atom. The zero-order chi connectivity index (χ0) is 8.60. The van der Waals surface area contributed by atoms with Crippen molar-refractivity contribution >= 4 is 5.97 Å². The van der Waals surface area contributed by atoms with E-state index in [1.54, 1.807) is 6.08 Å². The molecule has 2 unspecified atom stereocenters. The molecule has 1 saturated heterocycles. The molecule has 2 heterocycles. The van der Waals surface area contributed by atoms with Gasteiger partial charge in [-0.05, 0) is 12.5 Å². The number of carbonyl (C=O) groups excluding carboxylic acids is 1. The molecule has 4 nitrogen and oxygen atoms in total. The molecule has 0 amide bonds. The minimum absolute atomic E-state index is 0.234. The molecule has 0 radical (unpaired) electrons. The van der Waals surface area contributed by atoms with Gasteiger partial charge in [0.05, 0.1) is 12.7 Å². The smallest absolute Gasteiger partial charge is 0.333 e. The predicted octanol–water partition coefficient (Wildman–Crippen LogP) is -0.0330. The van der Waals surface area contributed by atoms with Crippen molar-refractivity contribution in [2.45, 2.75) is 24.7 Å². The SMILES string of the molecule is O=C1C=CC2(CCC(O)CO2)O1. The van der Waals surface area contributed by atoms with Gasteiger partial charge < -0.3 is 14.6 Å². The highest BCUT2D eigenvalue weighted by Gasteiger charge is 2.40. The summed E-state index contributed by atoms with van der Waals surface area (Å²) in [4.78, 5) is 10.7. The van der Waals surface area contributed by atoms with Crippen molar-refractivity contribution in [2.75, 3.05) is 6.61 Å². The first-order valence-electron chi connectivity index (χ1n) is 3.94. The van der Waals surface area contributed by atoms with Crippen LogP contribution in [0.15, 0.2) is 12.2 Å². The van der Waals surface area contributed by atoms with Crippen molar-refractivity contribution in [2.24, 2.45) is 0 Å². The van der Waals surface area contributed by atoms with Crippen LogP contribution in [0.5, 0.6) is 0 Å². The normalized spacial score (nSPS) is 40.4. The Hall–Kier alpha value is -0.870. The van der Waals surface area contributed by atoms with Crippen LogP contribution in [0.3, 0.4) is 0 Å². The monoisotopic (exact) mass is 170 g/mol. The van der Waals surface area contributed by atoms with Gasteiger partial charge in [-0.15, -0.1) is 0 Å². The Labute approximate surface area is 69.8 Å². The number of aliphatic hydroxyl groups is 1. The molecule has 1 N–H and O–H groups in total. The van der Waals surface area contributed by atoms with E-state index in [4.69, 9.17) is 14.6 Å². The fraction of sp³-hybridized carbons (Fsp3) is 0.625. The van der Waals surface area contributed by atoms with E-state index in [-0.39, 0.29) is 12.6 Å². The van der Waals surface area contributed by atoms with Gasteiger partial charge in [0.1, 0.15) is 0 Å². The molecule has 0 aliphatic carbocycles. The molecule has 4 heteroatoms. The second-order valence-electron chi connectivity index (χ2n) is 3.07. The molecule has 2 aliphatic rings. The molecule has 2 atom stereocenters. The van der Waals surface area contributed by atoms with Crippen LogP contribution < -0.4 is 0 Å². The molecule has 1 spiro atoms. The van der Waals surface area contributed by atoms with Crippen LogP contribution in [-0.4, -0.2) is 29.6 Å². The van der Waals surface area contributed by atoms with Gasteiger partial charge in [0.2, 0.25) is 5.79 Å². The molecule has 2 rings (SSSR count). The number of hydrogen-bond acceptors (Lipinski definition) is 4. The largest absolute Gasteiger partial charge is 0.426 e. The maximum Gasteiger partial charge on any atom is 0.333 e. The van der Waals surface area contributed by atoms with Crippen molar-refractivity contribution in [3.05, 3.63) is 12.2 Å². The molecule has 12 heavy (non-hydrogen) atoms. The van der Waals surface area contributed by atoms with E-state index >= 15 is 0 Å². The van der Waals surface area contributed by atoms with Crippen molar-refractivity contribution in [1.29, 1.82) is 0 Å². The third-order valence-electron chi connectivity index (χ3n) is 2.09. The third-order valence-corrected chi connectivity index (χ3v) is 2.09. The Bertz CT molecular complexity index is 225. The lowest BCUT2D eigenvalue weighted by Crippen LogP contribution is -2.40. The number of aliphatic hydroxyl groups excluding tert-OH is 1. The summed E-state index contributed by atoms with van der Waals surface area (Å²) in [7, 11) is 0. The first-order valence-corrected chi connectivity index (χ1v) is 3.94. The topological polar surface area (TPSA) is 55.8 Å². The predicted molar refractivity (Wildman–Crippen MR) is 39.2 cm³/mol. The number of esters is 1. The fourth-order valence-electron chi connectivity index (χ4n) is 1.41. The minimum Gasteiger partial charge on any atom is -0.426 e. The average Bonchev–Trinajstić information content (AvgIpc) is 2.40. The second-order valence-corrected chi connectivity index (χ2v) is 3.07. The van der Waals surface area contributed by atoms with Crippen LogP contribution in [0.4, 0.5) is 0 Å². The minimum atomic E-state index is -0.865. The Balaban J connectivity index is 2.05. The lowest BCUT2D eigenvalue weighted by molar-refractivity contribution is -0.226. The molecular weight excluding hydrogens is 160 g/mol. The molecule has 1 fully saturated rings. The van der Waals surface area contributed by atoms with E-state index in [2.05, 4.69) is 0 Å². The van der Waals surface area contributed by atoms with Crippen LogP contribution in [0.1, 0.15) is 12.8 Å². The second kappa shape index (κ2) is 2.57. The standard InChI is InChI=1S/C8H10O4/c9-6-1-3-8(11-5-6)4-2-7(10)12-8/h2,4,6,9H,1,3,5H2. The van der Waals surface area contributed by atoms with Gasteiger partial charge in [-0.2, -0.15) is 0 Å². The van der Waals surface area contributed by atoms with E-state index in [1.165, 1.54) is 6.08 Å². The van der Waals surface area contributed by atoms with E-state index in [9.17, 15) is 4.79 Å². The summed E-state index contributed by atoms with van der Waals surface area (Å²) in [5.41, 5.74) is 0. The number of hydrogen-bond donors (Lipinski definition) is 1. The van der Waals surface area contributed by atoms with E-state index in [0.717, 1.165) is 0 Å². The highest BCUT2D eigenvalue weighted by atomic mass is 16.7. The lowest BCUT2D eigenvalue weighted by atomic mass is 10.0. The molecule has 0 aromatic carbocycles. The first-order chi connectivity index (χ1) is 5.70. The average molecular weight is 170 g/mol. The van der Waals surface area contributed by atoms with Crippen LogP contribution in [0.2, 0.25) is 0 Å². The van der Waals surface area contributed by atoms with Crippen molar-refractivity contribution in [3.8, 4) is 0 Å². The van der Waals surface area contributed by atoms with Gasteiger partial charge in [-0.3, -0.25) is 0 Å². The maximum atomic E-state index is 10.7. The summed E-state index contributed by atoms with van der Waals surface area (Å²) < 4.78 is 10.2. The molecule has 0 saturated carbocycles. The maximum absolute atomic E-state index is 10.7. The quantitative estimate of drug-likeness (QED) is 0.518. The van der Waals surface area contributed by atoms with Gasteiger partial charge in [0, 0.05) is 12.5 Å². The molecule has 0 aromatic heterocycles. The number of rotatable bonds is 0. The van der Waals surface area contributed by atoms with E-state index in [0.29, 0.717) is 12.8 Å². The molecule has 0 bridgehead atoms. The van der Waals surface area contributed by atoms with Crippen molar-refractivity contribution in [1.82, 2.24) is 0 Å². The van der Waals surface area contributed by atoms with Crippen LogP contribution in [0, 0.1) is 0 Å². The highest BCUT2D eigenvalue weighted by Crippen LogP contribution is 2.31. The summed E-state index contributed by atoms with van der Waals surface area (Å²) >= 11 is 0. The number of ether oxygens (including phenoxy) is 2. The fourth-order valence-corrected chi connectivity index (χ4v) is 1.41. The summed E-state index contributed by atoms with van der Waals surface area (Å²) in [6.45, 7) is 0.234. The Morgan fingerprint density at radius 2 is 2.50 bits per heavy atom. The summed E-state index contributed by atoms with van der Waals surface area (Å²) in [6.07, 6.45) is 3.69. The molecular formula is C8H10O4. The van der Waals surface area contributed by atoms with Gasteiger partial charge in [0.15, 0.2) is 0 Å². The number of carbonyl (C=O) groups is 1. The van der Waals surface area contributed by atoms with Crippen LogP contribution >= 0.6 is 0 Å². The van der Waals surface area contributed by atoms with Gasteiger partial charge in [0.25, 0.3) is 0 Å². The van der Waals surface area contributed by atoms with Crippen LogP contribution in [0.25, 0.3) is 0 Å². The Kier molecular flexibility index (Phi) is 1.66. The lowest BCUT2D eigenvalue weighted by Gasteiger charge is -2.32. The first kappa shape index (κ1) is 7.76. The zero-order valence-corrected chi connectivity index (χ0v) is 6.53. The van der Waals surface area contributed by atoms with Gasteiger partial charge in [-0.25, -0.2) is 4.79 Å². The van der Waals surface area contributed by atoms with Crippen molar-refractivity contribution < 1.29 is 19.4 Å². The third kappa shape index (κ3) is 1.23. The van der Waals surface area contributed by atoms with Crippen molar-refractivity contribution in [3.63, 3.8) is 0 Å².